The van der Waals surface area contributed by atoms with E-state index >= 15 is 0 Å². The molecule has 0 bridgehead atoms. The molecule has 9 heteroatoms. The Morgan fingerprint density at radius 1 is 1.09 bits per heavy atom. The fourth-order valence-corrected chi connectivity index (χ4v) is 5.25. The molecular formula is C25H24BrN5OS2. The lowest BCUT2D eigenvalue weighted by atomic mass is 9.87. The fourth-order valence-electron chi connectivity index (χ4n) is 3.21. The van der Waals surface area contributed by atoms with Crippen LogP contribution in [0.3, 0.4) is 0 Å². The summed E-state index contributed by atoms with van der Waals surface area (Å²) in [6.07, 6.45) is 1.63. The van der Waals surface area contributed by atoms with E-state index in [-0.39, 0.29) is 17.1 Å². The van der Waals surface area contributed by atoms with Crippen LogP contribution in [-0.4, -0.2) is 32.6 Å². The maximum absolute atomic E-state index is 12.4. The Balaban J connectivity index is 1.53. The molecule has 0 aliphatic carbocycles. The first-order valence-electron chi connectivity index (χ1n) is 10.6. The van der Waals surface area contributed by atoms with Gasteiger partial charge in [0, 0.05) is 16.1 Å². The van der Waals surface area contributed by atoms with Crippen LogP contribution in [0.2, 0.25) is 0 Å². The predicted octanol–water partition coefficient (Wildman–Crippen LogP) is 6.30. The number of thioether (sulfide) groups is 1. The van der Waals surface area contributed by atoms with E-state index < -0.39 is 0 Å². The summed E-state index contributed by atoms with van der Waals surface area (Å²) in [6.45, 7) is 6.58. The third-order valence-electron chi connectivity index (χ3n) is 4.96. The van der Waals surface area contributed by atoms with Gasteiger partial charge in [0.15, 0.2) is 11.0 Å². The van der Waals surface area contributed by atoms with Gasteiger partial charge in [0.2, 0.25) is 0 Å². The number of nitrogens with one attached hydrogen (secondary N) is 1. The first-order chi connectivity index (χ1) is 16.3. The van der Waals surface area contributed by atoms with Gasteiger partial charge >= 0.3 is 0 Å². The van der Waals surface area contributed by atoms with E-state index in [1.54, 1.807) is 17.6 Å². The lowest BCUT2D eigenvalue weighted by Crippen LogP contribution is -2.19. The SMILES string of the molecule is CC(C)(C)c1ccc(-c2nnc(SCC(=O)N/N=C\c3ccc(Br)s3)n2-c2ccccc2)cc1. The number of aromatic nitrogens is 3. The highest BCUT2D eigenvalue weighted by Crippen LogP contribution is 2.30. The van der Waals surface area contributed by atoms with E-state index in [2.05, 4.69) is 81.7 Å². The molecule has 2 aromatic carbocycles. The molecule has 0 aliphatic heterocycles. The van der Waals surface area contributed by atoms with Crippen LogP contribution in [0.5, 0.6) is 0 Å². The summed E-state index contributed by atoms with van der Waals surface area (Å²) in [4.78, 5) is 13.3. The van der Waals surface area contributed by atoms with Crippen LogP contribution in [0.15, 0.2) is 80.8 Å². The average molecular weight is 555 g/mol. The number of nitrogens with zero attached hydrogens (tertiary/aromatic N) is 4. The molecule has 1 N–H and O–H groups in total. The topological polar surface area (TPSA) is 72.2 Å². The molecule has 2 aromatic heterocycles. The van der Waals surface area contributed by atoms with Gasteiger partial charge in [0.1, 0.15) is 0 Å². The number of halogens is 1. The van der Waals surface area contributed by atoms with Crippen LogP contribution in [0.1, 0.15) is 31.2 Å². The smallest absolute Gasteiger partial charge is 0.250 e. The minimum absolute atomic E-state index is 0.0719. The van der Waals surface area contributed by atoms with E-state index in [1.165, 1.54) is 17.3 Å². The first-order valence-corrected chi connectivity index (χ1v) is 13.2. The Bertz CT molecular complexity index is 1290. The number of benzene rings is 2. The van der Waals surface area contributed by atoms with E-state index in [0.717, 1.165) is 25.7 Å². The van der Waals surface area contributed by atoms with Gasteiger partial charge in [-0.3, -0.25) is 9.36 Å². The number of carbonyl (C=O) groups excluding carboxylic acids is 1. The second-order valence-corrected chi connectivity index (χ2v) is 12.0. The summed E-state index contributed by atoms with van der Waals surface area (Å²) in [7, 11) is 0. The molecule has 0 saturated heterocycles. The summed E-state index contributed by atoms with van der Waals surface area (Å²) in [5, 5.41) is 13.5. The van der Waals surface area contributed by atoms with Gasteiger partial charge in [-0.05, 0) is 51.2 Å². The molecule has 0 aliphatic rings. The van der Waals surface area contributed by atoms with Crippen molar-refractivity contribution in [2.24, 2.45) is 5.10 Å². The standard InChI is InChI=1S/C25H24BrN5OS2/c1-25(2,3)18-11-9-17(10-12-18)23-29-30-24(31(23)19-7-5-4-6-8-19)33-16-22(32)28-27-15-20-13-14-21(26)34-20/h4-15H,16H2,1-3H3,(H,28,32)/b27-15-. The number of carbonyl (C=O) groups is 1. The highest BCUT2D eigenvalue weighted by Gasteiger charge is 2.19. The highest BCUT2D eigenvalue weighted by molar-refractivity contribution is 9.11. The largest absolute Gasteiger partial charge is 0.272 e. The lowest BCUT2D eigenvalue weighted by Gasteiger charge is -2.19. The number of amides is 1. The average Bonchev–Trinajstić information content (AvgIpc) is 3.44. The third-order valence-corrected chi connectivity index (χ3v) is 7.45. The van der Waals surface area contributed by atoms with E-state index in [9.17, 15) is 4.79 Å². The maximum Gasteiger partial charge on any atom is 0.250 e. The van der Waals surface area contributed by atoms with Gasteiger partial charge in [0.05, 0.1) is 15.8 Å². The normalized spacial score (nSPS) is 11.8. The van der Waals surface area contributed by atoms with Gasteiger partial charge in [-0.25, -0.2) is 5.43 Å². The van der Waals surface area contributed by atoms with Crippen LogP contribution in [0, 0.1) is 0 Å². The highest BCUT2D eigenvalue weighted by atomic mass is 79.9. The van der Waals surface area contributed by atoms with E-state index in [1.807, 2.05) is 47.0 Å². The van der Waals surface area contributed by atoms with Crippen LogP contribution < -0.4 is 5.43 Å². The molecule has 34 heavy (non-hydrogen) atoms. The molecule has 4 aromatic rings. The molecule has 1 amide bonds. The minimum Gasteiger partial charge on any atom is -0.272 e. The summed E-state index contributed by atoms with van der Waals surface area (Å²) in [6, 6.07) is 22.2. The Labute approximate surface area is 215 Å². The Morgan fingerprint density at radius 2 is 1.82 bits per heavy atom. The van der Waals surface area contributed by atoms with Crippen molar-refractivity contribution in [1.29, 1.82) is 0 Å². The Kier molecular flexibility index (Phi) is 7.65. The molecule has 0 unspecified atom stereocenters. The van der Waals surface area contributed by atoms with Crippen molar-refractivity contribution in [3.63, 3.8) is 0 Å². The van der Waals surface area contributed by atoms with Crippen molar-refractivity contribution >= 4 is 51.2 Å². The van der Waals surface area contributed by atoms with Gasteiger partial charge in [-0.15, -0.1) is 21.5 Å². The van der Waals surface area contributed by atoms with Crippen molar-refractivity contribution in [3.8, 4) is 17.1 Å². The molecule has 0 spiro atoms. The van der Waals surface area contributed by atoms with Crippen molar-refractivity contribution in [2.45, 2.75) is 31.3 Å². The zero-order chi connectivity index (χ0) is 24.1. The molecular weight excluding hydrogens is 530 g/mol. The number of hydrogen-bond acceptors (Lipinski definition) is 6. The van der Waals surface area contributed by atoms with E-state index in [0.29, 0.717) is 5.16 Å². The summed E-state index contributed by atoms with van der Waals surface area (Å²) < 4.78 is 3.00. The monoisotopic (exact) mass is 553 g/mol. The van der Waals surface area contributed by atoms with Crippen molar-refractivity contribution in [3.05, 3.63) is 81.0 Å². The molecule has 0 atom stereocenters. The minimum atomic E-state index is -0.212. The zero-order valence-electron chi connectivity index (χ0n) is 19.0. The predicted molar refractivity (Wildman–Crippen MR) is 144 cm³/mol. The van der Waals surface area contributed by atoms with Gasteiger partial charge in [-0.1, -0.05) is 75.0 Å². The third kappa shape index (κ3) is 6.02. The number of para-hydroxylation sites is 1. The van der Waals surface area contributed by atoms with Crippen LogP contribution in [-0.2, 0) is 10.2 Å². The van der Waals surface area contributed by atoms with Gasteiger partial charge in [0.25, 0.3) is 5.91 Å². The first kappa shape index (κ1) is 24.4. The number of hydrogen-bond donors (Lipinski definition) is 1. The van der Waals surface area contributed by atoms with Crippen LogP contribution >= 0.6 is 39.0 Å². The Morgan fingerprint density at radius 3 is 2.47 bits per heavy atom. The van der Waals surface area contributed by atoms with Gasteiger partial charge in [-0.2, -0.15) is 5.10 Å². The summed E-state index contributed by atoms with van der Waals surface area (Å²) in [5.41, 5.74) is 5.80. The molecule has 0 radical (unpaired) electrons. The second-order valence-electron chi connectivity index (χ2n) is 8.53. The van der Waals surface area contributed by atoms with Crippen LogP contribution in [0.25, 0.3) is 17.1 Å². The molecule has 0 saturated carbocycles. The van der Waals surface area contributed by atoms with Crippen LogP contribution in [0.4, 0.5) is 0 Å². The second kappa shape index (κ2) is 10.7. The molecule has 4 rings (SSSR count). The van der Waals surface area contributed by atoms with Crippen molar-refractivity contribution < 1.29 is 4.79 Å². The zero-order valence-corrected chi connectivity index (χ0v) is 22.2. The number of rotatable bonds is 7. The summed E-state index contributed by atoms with van der Waals surface area (Å²) in [5.74, 6) is 0.686. The van der Waals surface area contributed by atoms with Gasteiger partial charge < -0.3 is 0 Å². The van der Waals surface area contributed by atoms with Crippen molar-refractivity contribution in [2.75, 3.05) is 5.75 Å². The molecule has 174 valence electrons. The molecule has 6 nitrogen and oxygen atoms in total. The Hall–Kier alpha value is -2.75. The fraction of sp³-hybridized carbons (Fsp3) is 0.200. The van der Waals surface area contributed by atoms with Crippen molar-refractivity contribution in [1.82, 2.24) is 20.2 Å². The quantitative estimate of drug-likeness (QED) is 0.165. The molecule has 0 fully saturated rings. The number of hydrazone groups is 1. The lowest BCUT2D eigenvalue weighted by molar-refractivity contribution is -0.118. The number of thiophene rings is 1. The maximum atomic E-state index is 12.4. The molecule has 2 heterocycles. The summed E-state index contributed by atoms with van der Waals surface area (Å²) >= 11 is 6.27. The van der Waals surface area contributed by atoms with E-state index in [4.69, 9.17) is 0 Å².